The number of rotatable bonds is 5. The molecular weight excluding hydrogens is 464 g/mol. The number of hydrogen-bond acceptors (Lipinski definition) is 8. The fourth-order valence-corrected chi connectivity index (χ4v) is 5.98. The summed E-state index contributed by atoms with van der Waals surface area (Å²) in [7, 11) is 0. The number of nitrogens with zero attached hydrogens (tertiary/aromatic N) is 4. The second-order valence-electron chi connectivity index (χ2n) is 10.5. The summed E-state index contributed by atoms with van der Waals surface area (Å²) in [5, 5.41) is 22.6. The Morgan fingerprint density at radius 1 is 0.917 bits per heavy atom. The van der Waals surface area contributed by atoms with Gasteiger partial charge in [-0.1, -0.05) is 20.8 Å². The number of aromatic nitrogens is 2. The van der Waals surface area contributed by atoms with Crippen LogP contribution < -0.4 is 10.9 Å². The largest absolute Gasteiger partial charge is 0.300 e. The molecule has 0 saturated heterocycles. The van der Waals surface area contributed by atoms with E-state index in [1.807, 2.05) is 39.8 Å². The highest BCUT2D eigenvalue weighted by Crippen LogP contribution is 2.70. The number of benzene rings is 2. The number of aryl methyl sites for hydroxylation is 2. The van der Waals surface area contributed by atoms with Gasteiger partial charge in [-0.3, -0.25) is 35.9 Å². The number of hydrogen-bond donors (Lipinski definition) is 2. The molecule has 36 heavy (non-hydrogen) atoms. The van der Waals surface area contributed by atoms with Crippen molar-refractivity contribution in [1.82, 2.24) is 15.4 Å². The molecule has 1 heterocycles. The molecule has 11 heteroatoms. The summed E-state index contributed by atoms with van der Waals surface area (Å²) in [5.41, 5.74) is 7.51. The Hall–Kier alpha value is -4.15. The van der Waals surface area contributed by atoms with Crippen LogP contribution in [-0.2, 0) is 15.6 Å². The first-order valence-electron chi connectivity index (χ1n) is 11.6. The average molecular weight is 491 g/mol. The van der Waals surface area contributed by atoms with E-state index in [1.165, 1.54) is 6.07 Å². The van der Waals surface area contributed by atoms with Crippen LogP contribution in [0.5, 0.6) is 0 Å². The summed E-state index contributed by atoms with van der Waals surface area (Å²) in [6.07, 6.45) is 1.29. The van der Waals surface area contributed by atoms with Crippen molar-refractivity contribution >= 4 is 34.0 Å². The van der Waals surface area contributed by atoms with E-state index in [1.54, 1.807) is 0 Å². The lowest BCUT2D eigenvalue weighted by Gasteiger charge is -2.39. The van der Waals surface area contributed by atoms with Crippen LogP contribution >= 0.6 is 0 Å². The molecule has 2 aliphatic carbocycles. The van der Waals surface area contributed by atoms with Crippen molar-refractivity contribution in [2.75, 3.05) is 5.43 Å². The summed E-state index contributed by atoms with van der Waals surface area (Å²) in [5.74, 6) is -0.375. The van der Waals surface area contributed by atoms with Gasteiger partial charge in [0.05, 0.1) is 38.3 Å². The van der Waals surface area contributed by atoms with Crippen molar-refractivity contribution in [1.29, 1.82) is 0 Å². The summed E-state index contributed by atoms with van der Waals surface area (Å²) < 4.78 is 0. The van der Waals surface area contributed by atoms with E-state index < -0.39 is 32.1 Å². The number of nitro benzene ring substituents is 2. The summed E-state index contributed by atoms with van der Waals surface area (Å²) in [4.78, 5) is 45.0. The third-order valence-electron chi connectivity index (χ3n) is 8.74. The summed E-state index contributed by atoms with van der Waals surface area (Å²) in [6, 6.07) is 7.20. The van der Waals surface area contributed by atoms with Crippen LogP contribution in [0.25, 0.3) is 11.0 Å². The lowest BCUT2D eigenvalue weighted by molar-refractivity contribution is -0.393. The van der Waals surface area contributed by atoms with Gasteiger partial charge in [-0.15, -0.1) is 0 Å². The molecule has 1 aromatic heterocycles. The number of anilines is 1. The van der Waals surface area contributed by atoms with E-state index in [0.717, 1.165) is 46.4 Å². The van der Waals surface area contributed by atoms with Gasteiger partial charge in [0.2, 0.25) is 0 Å². The van der Waals surface area contributed by atoms with E-state index >= 15 is 0 Å². The normalized spacial score (nSPS) is 23.4. The third kappa shape index (κ3) is 2.88. The fourth-order valence-electron chi connectivity index (χ4n) is 5.98. The van der Waals surface area contributed by atoms with Gasteiger partial charge in [-0.05, 0) is 61.4 Å². The Bertz CT molecular complexity index is 1500. The molecule has 0 spiro atoms. The number of amides is 1. The molecule has 2 unspecified atom stereocenters. The molecule has 2 aliphatic rings. The lowest BCUT2D eigenvalue weighted by atomic mass is 9.63. The van der Waals surface area contributed by atoms with Crippen molar-refractivity contribution in [2.24, 2.45) is 5.41 Å². The molecule has 1 saturated carbocycles. The van der Waals surface area contributed by atoms with Gasteiger partial charge in [-0.2, -0.15) is 0 Å². The second-order valence-corrected chi connectivity index (χ2v) is 10.5. The van der Waals surface area contributed by atoms with E-state index in [0.29, 0.717) is 12.1 Å². The molecule has 0 aliphatic heterocycles. The quantitative estimate of drug-likeness (QED) is 0.390. The minimum Gasteiger partial charge on any atom is -0.292 e. The van der Waals surface area contributed by atoms with Gasteiger partial charge in [-0.25, -0.2) is 9.97 Å². The van der Waals surface area contributed by atoms with Crippen molar-refractivity contribution in [3.05, 3.63) is 73.1 Å². The molecule has 3 aromatic rings. The average Bonchev–Trinajstić information content (AvgIpc) is 3.11. The SMILES string of the molecule is Cc1cc2nc3c(nc2cc1C)C1(C(=O)NNc2ccc([N+](=O)[O-])cc2[N+](=O)[O-])CCC3(C)C1(C)C. The molecule has 0 radical (unpaired) electrons. The Labute approximate surface area is 206 Å². The molecule has 2 N–H and O–H groups in total. The molecular formula is C25H26N6O5. The molecule has 186 valence electrons. The van der Waals surface area contributed by atoms with Crippen LogP contribution in [0.2, 0.25) is 0 Å². The first kappa shape index (κ1) is 23.6. The predicted molar refractivity (Wildman–Crippen MR) is 133 cm³/mol. The van der Waals surface area contributed by atoms with Crippen LogP contribution in [0.3, 0.4) is 0 Å². The monoisotopic (exact) mass is 490 g/mol. The van der Waals surface area contributed by atoms with Crippen molar-refractivity contribution in [3.63, 3.8) is 0 Å². The molecule has 11 nitrogen and oxygen atoms in total. The molecule has 2 atom stereocenters. The number of non-ortho nitro benzene ring substituents is 1. The van der Waals surface area contributed by atoms with Gasteiger partial charge >= 0.3 is 5.69 Å². The maximum atomic E-state index is 13.9. The Balaban J connectivity index is 1.57. The number of carbonyl (C=O) groups is 1. The van der Waals surface area contributed by atoms with Crippen molar-refractivity contribution < 1.29 is 14.6 Å². The number of nitro groups is 2. The van der Waals surface area contributed by atoms with Gasteiger partial charge < -0.3 is 0 Å². The number of nitrogens with one attached hydrogen (secondary N) is 2. The molecule has 2 aromatic carbocycles. The van der Waals surface area contributed by atoms with Crippen LogP contribution in [-0.4, -0.2) is 25.7 Å². The van der Waals surface area contributed by atoms with Crippen LogP contribution in [0.4, 0.5) is 17.1 Å². The molecule has 1 fully saturated rings. The second kappa shape index (κ2) is 7.42. The smallest absolute Gasteiger partial charge is 0.292 e. The lowest BCUT2D eigenvalue weighted by Crippen LogP contribution is -2.52. The Morgan fingerprint density at radius 2 is 1.53 bits per heavy atom. The van der Waals surface area contributed by atoms with Gasteiger partial charge in [0.25, 0.3) is 11.6 Å². The number of hydrazine groups is 1. The predicted octanol–water partition coefficient (Wildman–Crippen LogP) is 4.54. The minimum atomic E-state index is -1.01. The first-order valence-corrected chi connectivity index (χ1v) is 11.6. The van der Waals surface area contributed by atoms with Crippen molar-refractivity contribution in [3.8, 4) is 0 Å². The molecule has 1 amide bonds. The zero-order chi connectivity index (χ0) is 26.2. The van der Waals surface area contributed by atoms with Gasteiger partial charge in [0, 0.05) is 11.5 Å². The maximum absolute atomic E-state index is 13.9. The van der Waals surface area contributed by atoms with E-state index in [4.69, 9.17) is 9.97 Å². The summed E-state index contributed by atoms with van der Waals surface area (Å²) in [6.45, 7) is 10.2. The van der Waals surface area contributed by atoms with Gasteiger partial charge in [0.15, 0.2) is 0 Å². The highest BCUT2D eigenvalue weighted by Gasteiger charge is 2.73. The Kier molecular flexibility index (Phi) is 4.86. The third-order valence-corrected chi connectivity index (χ3v) is 8.74. The number of carbonyl (C=O) groups excluding carboxylic acids is 1. The Morgan fingerprint density at radius 3 is 2.11 bits per heavy atom. The minimum absolute atomic E-state index is 0.0529. The zero-order valence-corrected chi connectivity index (χ0v) is 20.6. The summed E-state index contributed by atoms with van der Waals surface area (Å²) >= 11 is 0. The number of fused-ring (bicyclic) bond motifs is 6. The maximum Gasteiger partial charge on any atom is 0.300 e. The first-order chi connectivity index (χ1) is 16.8. The van der Waals surface area contributed by atoms with Gasteiger partial charge in [0.1, 0.15) is 11.1 Å². The molecule has 5 rings (SSSR count). The van der Waals surface area contributed by atoms with E-state index in [-0.39, 0.29) is 17.0 Å². The van der Waals surface area contributed by atoms with E-state index in [9.17, 15) is 25.0 Å². The standard InChI is InChI=1S/C25H26N6O5/c1-13-10-17-18(11-14(13)2)27-21-20(26-17)24(5)8-9-25(21,23(24,3)4)22(32)29-28-16-7-6-15(30(33)34)12-19(16)31(35)36/h6-7,10-12,28H,8-9H2,1-5H3,(H,29,32). The van der Waals surface area contributed by atoms with Crippen LogP contribution in [0.1, 0.15) is 56.1 Å². The highest BCUT2D eigenvalue weighted by atomic mass is 16.6. The fraction of sp³-hybridized carbons (Fsp3) is 0.400. The van der Waals surface area contributed by atoms with Crippen LogP contribution in [0, 0.1) is 39.5 Å². The van der Waals surface area contributed by atoms with Crippen LogP contribution in [0.15, 0.2) is 30.3 Å². The zero-order valence-electron chi connectivity index (χ0n) is 20.6. The van der Waals surface area contributed by atoms with E-state index in [2.05, 4.69) is 17.8 Å². The van der Waals surface area contributed by atoms with Crippen molar-refractivity contribution in [2.45, 2.75) is 58.3 Å². The topological polar surface area (TPSA) is 153 Å². The highest BCUT2D eigenvalue weighted by molar-refractivity contribution is 5.94. The molecule has 2 bridgehead atoms.